The Hall–Kier alpha value is -1.70. The summed E-state index contributed by atoms with van der Waals surface area (Å²) >= 11 is 1.84. The molecule has 1 aromatic carbocycles. The van der Waals surface area contributed by atoms with Gasteiger partial charge >= 0.3 is 12.6 Å². The topological polar surface area (TPSA) is 50.8 Å². The molecule has 1 heterocycles. The number of alkyl halides is 2. The van der Waals surface area contributed by atoms with Crippen molar-refractivity contribution in [1.29, 1.82) is 0 Å². The summed E-state index contributed by atoms with van der Waals surface area (Å²) in [4.78, 5) is 13.9. The molecule has 0 aromatic heterocycles. The van der Waals surface area contributed by atoms with Crippen molar-refractivity contribution in [2.75, 3.05) is 31.7 Å². The molecule has 1 fully saturated rings. The Labute approximate surface area is 138 Å². The first-order chi connectivity index (χ1) is 11.1. The minimum Gasteiger partial charge on any atom is -0.493 e. The third kappa shape index (κ3) is 5.46. The van der Waals surface area contributed by atoms with Gasteiger partial charge in [-0.3, -0.25) is 0 Å². The van der Waals surface area contributed by atoms with Gasteiger partial charge in [-0.2, -0.15) is 20.5 Å². The summed E-state index contributed by atoms with van der Waals surface area (Å²) in [5.41, 5.74) is 0.666. The summed E-state index contributed by atoms with van der Waals surface area (Å²) in [5.74, 6) is 2.18. The standard InChI is InChI=1S/C15H20F2N2O3S/c1-21-12-4-3-11(9-13(12)22-14(16)17)10-18-15(20)19-5-2-7-23-8-6-19/h3-4,9,14H,2,5-8,10H2,1H3,(H,18,20). The Morgan fingerprint density at radius 1 is 1.35 bits per heavy atom. The fourth-order valence-corrected chi connectivity index (χ4v) is 3.14. The van der Waals surface area contributed by atoms with Crippen molar-refractivity contribution in [3.05, 3.63) is 23.8 Å². The summed E-state index contributed by atoms with van der Waals surface area (Å²) in [6.07, 6.45) is 0.979. The second kappa shape index (κ2) is 8.81. The minimum atomic E-state index is -2.93. The predicted molar refractivity (Wildman–Crippen MR) is 85.4 cm³/mol. The molecule has 2 rings (SSSR count). The zero-order valence-corrected chi connectivity index (χ0v) is 13.7. The lowest BCUT2D eigenvalue weighted by molar-refractivity contribution is -0.0512. The fraction of sp³-hybridized carbons (Fsp3) is 0.533. The highest BCUT2D eigenvalue weighted by molar-refractivity contribution is 7.99. The van der Waals surface area contributed by atoms with Crippen LogP contribution in [0.25, 0.3) is 0 Å². The van der Waals surface area contributed by atoms with Gasteiger partial charge in [-0.05, 0) is 29.9 Å². The van der Waals surface area contributed by atoms with E-state index >= 15 is 0 Å². The van der Waals surface area contributed by atoms with Crippen LogP contribution in [0.4, 0.5) is 13.6 Å². The lowest BCUT2D eigenvalue weighted by atomic mass is 10.2. The van der Waals surface area contributed by atoms with Gasteiger partial charge in [0.1, 0.15) is 0 Å². The second-order valence-corrected chi connectivity index (χ2v) is 6.20. The number of thioether (sulfide) groups is 1. The van der Waals surface area contributed by atoms with E-state index in [0.29, 0.717) is 5.56 Å². The number of nitrogens with zero attached hydrogens (tertiary/aromatic N) is 1. The minimum absolute atomic E-state index is 0.0413. The third-order valence-corrected chi connectivity index (χ3v) is 4.45. The van der Waals surface area contributed by atoms with Crippen molar-refractivity contribution in [2.45, 2.75) is 19.6 Å². The average molecular weight is 346 g/mol. The molecule has 23 heavy (non-hydrogen) atoms. The van der Waals surface area contributed by atoms with Crippen molar-refractivity contribution in [3.63, 3.8) is 0 Å². The van der Waals surface area contributed by atoms with Gasteiger partial charge in [0, 0.05) is 25.4 Å². The van der Waals surface area contributed by atoms with Crippen LogP contribution in [0.1, 0.15) is 12.0 Å². The van der Waals surface area contributed by atoms with Crippen molar-refractivity contribution in [2.24, 2.45) is 0 Å². The molecule has 1 N–H and O–H groups in total. The molecule has 0 unspecified atom stereocenters. The first kappa shape index (κ1) is 17.7. The van der Waals surface area contributed by atoms with E-state index < -0.39 is 6.61 Å². The maximum Gasteiger partial charge on any atom is 0.387 e. The van der Waals surface area contributed by atoms with Crippen LogP contribution in [0, 0.1) is 0 Å². The zero-order chi connectivity index (χ0) is 16.7. The lowest BCUT2D eigenvalue weighted by Crippen LogP contribution is -2.40. The summed E-state index contributed by atoms with van der Waals surface area (Å²) in [7, 11) is 1.38. The van der Waals surface area contributed by atoms with Crippen LogP contribution in [0.3, 0.4) is 0 Å². The van der Waals surface area contributed by atoms with Gasteiger partial charge in [0.2, 0.25) is 0 Å². The molecule has 0 bridgehead atoms. The maximum atomic E-state index is 12.4. The van der Waals surface area contributed by atoms with Crippen LogP contribution < -0.4 is 14.8 Å². The zero-order valence-electron chi connectivity index (χ0n) is 12.9. The predicted octanol–water partition coefficient (Wildman–Crippen LogP) is 2.95. The molecule has 0 saturated carbocycles. The molecule has 8 heteroatoms. The quantitative estimate of drug-likeness (QED) is 0.891. The molecular weight excluding hydrogens is 326 g/mol. The number of nitrogens with one attached hydrogen (secondary N) is 1. The van der Waals surface area contributed by atoms with Gasteiger partial charge in [-0.1, -0.05) is 6.07 Å². The van der Waals surface area contributed by atoms with E-state index in [1.807, 2.05) is 11.8 Å². The third-order valence-electron chi connectivity index (χ3n) is 3.40. The van der Waals surface area contributed by atoms with Crippen LogP contribution in [0.5, 0.6) is 11.5 Å². The highest BCUT2D eigenvalue weighted by Gasteiger charge is 2.16. The number of carbonyl (C=O) groups excluding carboxylic acids is 1. The molecule has 1 aliphatic heterocycles. The monoisotopic (exact) mass is 346 g/mol. The molecule has 128 valence electrons. The van der Waals surface area contributed by atoms with Crippen molar-refractivity contribution >= 4 is 17.8 Å². The van der Waals surface area contributed by atoms with E-state index in [9.17, 15) is 13.6 Å². The molecule has 0 spiro atoms. The van der Waals surface area contributed by atoms with Gasteiger partial charge in [0.15, 0.2) is 11.5 Å². The van der Waals surface area contributed by atoms with Gasteiger partial charge in [-0.15, -0.1) is 0 Å². The lowest BCUT2D eigenvalue weighted by Gasteiger charge is -2.20. The van der Waals surface area contributed by atoms with Crippen LogP contribution in [0.2, 0.25) is 0 Å². The normalized spacial score (nSPS) is 15.2. The number of halogens is 2. The highest BCUT2D eigenvalue weighted by Crippen LogP contribution is 2.29. The molecule has 2 amide bonds. The molecule has 0 aliphatic carbocycles. The Bertz CT molecular complexity index is 523. The van der Waals surface area contributed by atoms with E-state index in [-0.39, 0.29) is 24.1 Å². The van der Waals surface area contributed by atoms with E-state index in [1.165, 1.54) is 13.2 Å². The van der Waals surface area contributed by atoms with Crippen molar-refractivity contribution < 1.29 is 23.0 Å². The number of rotatable bonds is 5. The van der Waals surface area contributed by atoms with E-state index in [0.717, 1.165) is 31.0 Å². The van der Waals surface area contributed by atoms with Crippen LogP contribution in [-0.4, -0.2) is 49.2 Å². The molecule has 1 aromatic rings. The Morgan fingerprint density at radius 2 is 2.17 bits per heavy atom. The molecule has 5 nitrogen and oxygen atoms in total. The van der Waals surface area contributed by atoms with Crippen molar-refractivity contribution in [3.8, 4) is 11.5 Å². The van der Waals surface area contributed by atoms with E-state index in [4.69, 9.17) is 4.74 Å². The summed E-state index contributed by atoms with van der Waals surface area (Å²) < 4.78 is 34.2. The van der Waals surface area contributed by atoms with Crippen LogP contribution in [-0.2, 0) is 6.54 Å². The second-order valence-electron chi connectivity index (χ2n) is 4.98. The number of amides is 2. The molecule has 0 atom stereocenters. The highest BCUT2D eigenvalue weighted by atomic mass is 32.2. The number of benzene rings is 1. The van der Waals surface area contributed by atoms with Gasteiger partial charge in [-0.25, -0.2) is 4.79 Å². The number of urea groups is 1. The van der Waals surface area contributed by atoms with Crippen molar-refractivity contribution in [1.82, 2.24) is 10.2 Å². The molecular formula is C15H20F2N2O3S. The van der Waals surface area contributed by atoms with Gasteiger partial charge in [0.25, 0.3) is 0 Å². The Balaban J connectivity index is 1.95. The van der Waals surface area contributed by atoms with E-state index in [1.54, 1.807) is 17.0 Å². The molecule has 0 radical (unpaired) electrons. The smallest absolute Gasteiger partial charge is 0.387 e. The number of carbonyl (C=O) groups is 1. The first-order valence-electron chi connectivity index (χ1n) is 7.32. The van der Waals surface area contributed by atoms with E-state index in [2.05, 4.69) is 10.1 Å². The summed E-state index contributed by atoms with van der Waals surface area (Å²) in [6, 6.07) is 4.56. The molecule has 1 saturated heterocycles. The summed E-state index contributed by atoms with van der Waals surface area (Å²) in [5, 5.41) is 2.81. The SMILES string of the molecule is COc1ccc(CNC(=O)N2CCCSCC2)cc1OC(F)F. The average Bonchev–Trinajstić information content (AvgIpc) is 2.81. The van der Waals surface area contributed by atoms with Gasteiger partial charge in [0.05, 0.1) is 7.11 Å². The number of hydrogen-bond acceptors (Lipinski definition) is 4. The van der Waals surface area contributed by atoms with Crippen LogP contribution >= 0.6 is 11.8 Å². The fourth-order valence-electron chi connectivity index (χ4n) is 2.26. The summed E-state index contributed by atoms with van der Waals surface area (Å²) in [6.45, 7) is -1.23. The molecule has 1 aliphatic rings. The maximum absolute atomic E-state index is 12.4. The first-order valence-corrected chi connectivity index (χ1v) is 8.48. The number of hydrogen-bond donors (Lipinski definition) is 1. The Morgan fingerprint density at radius 3 is 2.91 bits per heavy atom. The van der Waals surface area contributed by atoms with Crippen LogP contribution in [0.15, 0.2) is 18.2 Å². The number of ether oxygens (including phenoxy) is 2. The Kier molecular flexibility index (Phi) is 6.76. The number of methoxy groups -OCH3 is 1. The largest absolute Gasteiger partial charge is 0.493 e. The van der Waals surface area contributed by atoms with Gasteiger partial charge < -0.3 is 19.7 Å².